The first-order valence-electron chi connectivity index (χ1n) is 10.4. The molecule has 0 atom stereocenters. The van der Waals surface area contributed by atoms with Crippen molar-refractivity contribution in [2.45, 2.75) is 0 Å². The fourth-order valence-corrected chi connectivity index (χ4v) is 4.29. The van der Waals surface area contributed by atoms with Gasteiger partial charge in [-0.25, -0.2) is 9.97 Å². The highest BCUT2D eigenvalue weighted by Crippen LogP contribution is 2.35. The summed E-state index contributed by atoms with van der Waals surface area (Å²) in [5.74, 6) is 0. The van der Waals surface area contributed by atoms with E-state index in [-0.39, 0.29) is 11.4 Å². The molecule has 0 radical (unpaired) electrons. The predicted octanol–water partition coefficient (Wildman–Crippen LogP) is 6.53. The largest absolute Gasteiger partial charge is 0.299 e. The molecule has 1 aliphatic rings. The SMILES string of the molecule is N=C1C=Cc2ccc3ccc(-c4nc5ccccc5nc4-c4ccccc4)cc3c2C1=N. The van der Waals surface area contributed by atoms with E-state index in [1.807, 2.05) is 66.7 Å². The summed E-state index contributed by atoms with van der Waals surface area (Å²) in [5, 5.41) is 18.6. The van der Waals surface area contributed by atoms with Gasteiger partial charge in [0.15, 0.2) is 0 Å². The molecule has 1 aromatic heterocycles. The molecule has 150 valence electrons. The lowest BCUT2D eigenvalue weighted by Gasteiger charge is -2.17. The Morgan fingerprint density at radius 1 is 0.594 bits per heavy atom. The van der Waals surface area contributed by atoms with E-state index >= 15 is 0 Å². The number of fused-ring (bicyclic) bond motifs is 4. The van der Waals surface area contributed by atoms with E-state index in [1.54, 1.807) is 6.08 Å². The Labute approximate surface area is 184 Å². The van der Waals surface area contributed by atoms with Crippen LogP contribution in [0.25, 0.3) is 50.4 Å². The molecule has 0 amide bonds. The number of allylic oxidation sites excluding steroid dienone is 1. The van der Waals surface area contributed by atoms with Gasteiger partial charge in [0, 0.05) is 16.7 Å². The lowest BCUT2D eigenvalue weighted by atomic mass is 9.88. The molecule has 4 nitrogen and oxygen atoms in total. The fourth-order valence-electron chi connectivity index (χ4n) is 4.29. The van der Waals surface area contributed by atoms with E-state index < -0.39 is 0 Å². The van der Waals surface area contributed by atoms with Crippen LogP contribution < -0.4 is 0 Å². The second kappa shape index (κ2) is 7.06. The Morgan fingerprint density at radius 3 is 2.00 bits per heavy atom. The third-order valence-corrected chi connectivity index (χ3v) is 5.89. The van der Waals surface area contributed by atoms with Crippen LogP contribution in [-0.2, 0) is 0 Å². The first kappa shape index (κ1) is 18.3. The smallest absolute Gasteiger partial charge is 0.0973 e. The van der Waals surface area contributed by atoms with Crippen molar-refractivity contribution >= 4 is 39.3 Å². The van der Waals surface area contributed by atoms with E-state index in [2.05, 4.69) is 24.3 Å². The minimum absolute atomic E-state index is 0.228. The van der Waals surface area contributed by atoms with Crippen molar-refractivity contribution in [2.75, 3.05) is 0 Å². The van der Waals surface area contributed by atoms with Crippen LogP contribution in [0.4, 0.5) is 0 Å². The molecule has 0 unspecified atom stereocenters. The van der Waals surface area contributed by atoms with E-state index in [9.17, 15) is 0 Å². The highest BCUT2D eigenvalue weighted by atomic mass is 14.8. The van der Waals surface area contributed by atoms with Crippen LogP contribution in [0.5, 0.6) is 0 Å². The molecule has 1 heterocycles. The third kappa shape index (κ3) is 2.85. The Morgan fingerprint density at radius 2 is 1.25 bits per heavy atom. The standard InChI is InChI=1S/C28H18N4/c29-22-15-14-18-12-10-17-11-13-20(16-21(17)25(18)26(22)30)28-27(19-6-2-1-3-7-19)31-23-8-4-5-9-24(23)32-28/h1-16,29-30H. The van der Waals surface area contributed by atoms with E-state index in [0.717, 1.165) is 55.4 Å². The van der Waals surface area contributed by atoms with Gasteiger partial charge in [0.05, 0.1) is 33.8 Å². The van der Waals surface area contributed by atoms with Gasteiger partial charge in [0.1, 0.15) is 0 Å². The van der Waals surface area contributed by atoms with Crippen LogP contribution >= 0.6 is 0 Å². The minimum atomic E-state index is 0.228. The van der Waals surface area contributed by atoms with Crippen molar-refractivity contribution in [3.63, 3.8) is 0 Å². The molecule has 0 fully saturated rings. The van der Waals surface area contributed by atoms with Gasteiger partial charge in [0.25, 0.3) is 0 Å². The van der Waals surface area contributed by atoms with Crippen LogP contribution in [0.3, 0.4) is 0 Å². The number of benzene rings is 4. The van der Waals surface area contributed by atoms with Gasteiger partial charge in [-0.1, -0.05) is 72.8 Å². The van der Waals surface area contributed by atoms with Crippen LogP contribution in [0.1, 0.15) is 11.1 Å². The van der Waals surface area contributed by atoms with Crippen molar-refractivity contribution in [3.05, 3.63) is 102 Å². The summed E-state index contributed by atoms with van der Waals surface area (Å²) >= 11 is 0. The fraction of sp³-hybridized carbons (Fsp3) is 0. The molecule has 0 saturated heterocycles. The first-order valence-corrected chi connectivity index (χ1v) is 10.4. The summed E-state index contributed by atoms with van der Waals surface area (Å²) in [7, 11) is 0. The Hall–Kier alpha value is -4.44. The molecule has 4 aromatic carbocycles. The first-order chi connectivity index (χ1) is 15.7. The minimum Gasteiger partial charge on any atom is -0.299 e. The number of aromatic nitrogens is 2. The molecule has 6 rings (SSSR count). The van der Waals surface area contributed by atoms with Crippen molar-refractivity contribution in [1.82, 2.24) is 9.97 Å². The molecule has 2 N–H and O–H groups in total. The van der Waals surface area contributed by atoms with Gasteiger partial charge in [-0.2, -0.15) is 0 Å². The van der Waals surface area contributed by atoms with Crippen LogP contribution in [0.2, 0.25) is 0 Å². The highest BCUT2D eigenvalue weighted by Gasteiger charge is 2.19. The van der Waals surface area contributed by atoms with Gasteiger partial charge in [-0.15, -0.1) is 0 Å². The third-order valence-electron chi connectivity index (χ3n) is 5.89. The monoisotopic (exact) mass is 410 g/mol. The van der Waals surface area contributed by atoms with E-state index in [4.69, 9.17) is 20.8 Å². The Bertz CT molecular complexity index is 1600. The number of hydrogen-bond acceptors (Lipinski definition) is 4. The van der Waals surface area contributed by atoms with Crippen LogP contribution in [0.15, 0.2) is 91.0 Å². The maximum atomic E-state index is 8.51. The molecule has 32 heavy (non-hydrogen) atoms. The number of nitrogens with one attached hydrogen (secondary N) is 2. The lowest BCUT2D eigenvalue weighted by Crippen LogP contribution is -2.16. The normalized spacial score (nSPS) is 13.0. The van der Waals surface area contributed by atoms with Crippen molar-refractivity contribution < 1.29 is 0 Å². The Kier molecular flexibility index (Phi) is 4.05. The summed E-state index contributed by atoms with van der Waals surface area (Å²) in [5.41, 5.74) is 7.52. The van der Waals surface area contributed by atoms with E-state index in [0.29, 0.717) is 0 Å². The second-order valence-electron chi connectivity index (χ2n) is 7.86. The van der Waals surface area contributed by atoms with Crippen LogP contribution in [-0.4, -0.2) is 21.4 Å². The average molecular weight is 410 g/mol. The summed E-state index contributed by atoms with van der Waals surface area (Å²) in [6.07, 6.45) is 3.59. The zero-order valence-electron chi connectivity index (χ0n) is 17.1. The second-order valence-corrected chi connectivity index (χ2v) is 7.86. The Balaban J connectivity index is 1.66. The van der Waals surface area contributed by atoms with Gasteiger partial charge in [-0.3, -0.25) is 10.8 Å². The number of hydrogen-bond donors (Lipinski definition) is 2. The van der Waals surface area contributed by atoms with Crippen molar-refractivity contribution in [1.29, 1.82) is 10.8 Å². The van der Waals surface area contributed by atoms with Crippen molar-refractivity contribution in [3.8, 4) is 22.5 Å². The molecule has 5 aromatic rings. The molecule has 0 saturated carbocycles. The van der Waals surface area contributed by atoms with Crippen molar-refractivity contribution in [2.24, 2.45) is 0 Å². The lowest BCUT2D eigenvalue weighted by molar-refractivity contribution is 1.29. The zero-order valence-corrected chi connectivity index (χ0v) is 17.1. The molecule has 1 aliphatic carbocycles. The summed E-state index contributed by atoms with van der Waals surface area (Å²) in [6.45, 7) is 0. The molecular weight excluding hydrogens is 392 g/mol. The average Bonchev–Trinajstić information content (AvgIpc) is 2.85. The number of nitrogens with zero attached hydrogens (tertiary/aromatic N) is 2. The molecule has 0 bridgehead atoms. The topological polar surface area (TPSA) is 73.5 Å². The highest BCUT2D eigenvalue weighted by molar-refractivity contribution is 6.53. The molecule has 4 heteroatoms. The summed E-state index contributed by atoms with van der Waals surface area (Å²) < 4.78 is 0. The predicted molar refractivity (Wildman–Crippen MR) is 132 cm³/mol. The summed E-state index contributed by atoms with van der Waals surface area (Å²) in [4.78, 5) is 9.97. The van der Waals surface area contributed by atoms with Gasteiger partial charge in [0.2, 0.25) is 0 Å². The van der Waals surface area contributed by atoms with E-state index in [1.165, 1.54) is 0 Å². The van der Waals surface area contributed by atoms with Gasteiger partial charge >= 0.3 is 0 Å². The van der Waals surface area contributed by atoms with Crippen LogP contribution in [0, 0.1) is 10.8 Å². The molecule has 0 aliphatic heterocycles. The molecular formula is C28H18N4. The zero-order chi connectivity index (χ0) is 21.7. The number of rotatable bonds is 2. The van der Waals surface area contributed by atoms with Gasteiger partial charge < -0.3 is 0 Å². The van der Waals surface area contributed by atoms with Gasteiger partial charge in [-0.05, 0) is 40.6 Å². The maximum Gasteiger partial charge on any atom is 0.0973 e. The quantitative estimate of drug-likeness (QED) is 0.347. The molecule has 0 spiro atoms. The maximum absolute atomic E-state index is 8.51. The number of para-hydroxylation sites is 2. The summed E-state index contributed by atoms with van der Waals surface area (Å²) in [6, 6.07) is 28.3.